The number of halogens is 1. The average Bonchev–Trinajstić information content (AvgIpc) is 3.07. The van der Waals surface area contributed by atoms with Crippen molar-refractivity contribution in [1.82, 2.24) is 4.72 Å². The number of unbranched alkanes of at least 4 members (excludes halogenated alkanes) is 3. The van der Waals surface area contributed by atoms with Crippen molar-refractivity contribution in [2.24, 2.45) is 10.7 Å². The fourth-order valence-corrected chi connectivity index (χ4v) is 3.72. The molecule has 1 amide bonds. The predicted molar refractivity (Wildman–Crippen MR) is 106 cm³/mol. The van der Waals surface area contributed by atoms with Gasteiger partial charge in [-0.15, -0.1) is 12.4 Å². The van der Waals surface area contributed by atoms with Crippen LogP contribution in [0.4, 0.5) is 5.69 Å². The van der Waals surface area contributed by atoms with Gasteiger partial charge in [0.05, 0.1) is 4.90 Å². The molecule has 1 aromatic carbocycles. The van der Waals surface area contributed by atoms with Crippen molar-refractivity contribution in [2.75, 3.05) is 18.4 Å². The van der Waals surface area contributed by atoms with E-state index in [2.05, 4.69) is 15.0 Å². The molecule has 1 aromatic rings. The second-order valence-electron chi connectivity index (χ2n) is 6.07. The number of carbonyl (C=O) groups excluding carboxylic acids is 1. The zero-order valence-electron chi connectivity index (χ0n) is 14.7. The molecule has 26 heavy (non-hydrogen) atoms. The van der Waals surface area contributed by atoms with Gasteiger partial charge in [-0.1, -0.05) is 18.9 Å². The number of aliphatic imine (C=N–C) groups is 1. The third kappa shape index (κ3) is 7.31. The topological polar surface area (TPSA) is 114 Å². The molecule has 0 radical (unpaired) electrons. The van der Waals surface area contributed by atoms with E-state index in [-0.39, 0.29) is 23.2 Å². The van der Waals surface area contributed by atoms with E-state index in [9.17, 15) is 13.2 Å². The summed E-state index contributed by atoms with van der Waals surface area (Å²) in [6.07, 6.45) is 5.67. The van der Waals surface area contributed by atoms with Gasteiger partial charge in [0.25, 0.3) is 10.0 Å². The highest BCUT2D eigenvalue weighted by Crippen LogP contribution is 2.17. The first kappa shape index (κ1) is 22.4. The minimum absolute atomic E-state index is 0. The van der Waals surface area contributed by atoms with Crippen molar-refractivity contribution in [1.29, 1.82) is 0 Å². The molecule has 0 spiro atoms. The third-order valence-corrected chi connectivity index (χ3v) is 5.29. The molecule has 0 saturated carbocycles. The number of nitrogens with two attached hydrogens (primary N) is 1. The van der Waals surface area contributed by atoms with Gasteiger partial charge in [0, 0.05) is 25.1 Å². The van der Waals surface area contributed by atoms with Gasteiger partial charge in [-0.3, -0.25) is 14.5 Å². The quantitative estimate of drug-likeness (QED) is 0.550. The molecule has 1 aliphatic rings. The van der Waals surface area contributed by atoms with E-state index in [1.165, 1.54) is 12.1 Å². The van der Waals surface area contributed by atoms with E-state index in [4.69, 9.17) is 5.73 Å². The Morgan fingerprint density at radius 2 is 1.96 bits per heavy atom. The minimum atomic E-state index is -3.67. The normalized spacial score (nSPS) is 13.7. The van der Waals surface area contributed by atoms with Crippen molar-refractivity contribution in [2.45, 2.75) is 49.8 Å². The minimum Gasteiger partial charge on any atom is -0.330 e. The Morgan fingerprint density at radius 3 is 2.65 bits per heavy atom. The predicted octanol–water partition coefficient (Wildman–Crippen LogP) is 2.43. The van der Waals surface area contributed by atoms with E-state index >= 15 is 0 Å². The summed E-state index contributed by atoms with van der Waals surface area (Å²) < 4.78 is 27.3. The molecular weight excluding hydrogens is 376 g/mol. The van der Waals surface area contributed by atoms with Crippen LogP contribution in [0.3, 0.4) is 0 Å². The lowest BCUT2D eigenvalue weighted by atomic mass is 10.1. The molecule has 0 saturated heterocycles. The number of rotatable bonds is 9. The van der Waals surface area contributed by atoms with Gasteiger partial charge in [-0.25, -0.2) is 8.42 Å². The van der Waals surface area contributed by atoms with Crippen LogP contribution in [0.25, 0.3) is 0 Å². The Labute approximate surface area is 161 Å². The van der Waals surface area contributed by atoms with Gasteiger partial charge in [-0.2, -0.15) is 0 Å². The number of amides is 1. The number of anilines is 1. The lowest BCUT2D eigenvalue weighted by Gasteiger charge is -2.10. The summed E-state index contributed by atoms with van der Waals surface area (Å²) in [6.45, 7) is 1.33. The van der Waals surface area contributed by atoms with Crippen LogP contribution in [0.5, 0.6) is 0 Å². The SMILES string of the molecule is Cl.NCCCCCCC(=O)Nc1cccc(S(=O)(=O)NC2=NCCC2)c1. The first-order valence-corrected chi connectivity index (χ1v) is 10.2. The van der Waals surface area contributed by atoms with Crippen LogP contribution >= 0.6 is 12.4 Å². The molecule has 0 aromatic heterocycles. The van der Waals surface area contributed by atoms with E-state index in [0.717, 1.165) is 32.1 Å². The summed E-state index contributed by atoms with van der Waals surface area (Å²) >= 11 is 0. The standard InChI is InChI=1S/C17H26N4O3S.ClH/c18-11-4-2-1-3-10-17(22)20-14-7-5-8-15(13-14)25(23,24)21-16-9-6-12-19-16;/h5,7-8,13H,1-4,6,9-12,18H2,(H,19,21)(H,20,22);1H. The first-order valence-electron chi connectivity index (χ1n) is 8.67. The Morgan fingerprint density at radius 1 is 1.19 bits per heavy atom. The Bertz CT molecular complexity index is 722. The number of benzene rings is 1. The molecular formula is C17H27ClN4O3S. The maximum absolute atomic E-state index is 12.4. The van der Waals surface area contributed by atoms with Gasteiger partial charge in [0.2, 0.25) is 5.91 Å². The summed E-state index contributed by atoms with van der Waals surface area (Å²) in [5, 5.41) is 2.75. The third-order valence-electron chi connectivity index (χ3n) is 3.91. The van der Waals surface area contributed by atoms with Crippen LogP contribution in [0.15, 0.2) is 34.2 Å². The smallest absolute Gasteiger partial charge is 0.262 e. The molecule has 9 heteroatoms. The summed E-state index contributed by atoms with van der Waals surface area (Å²) in [5.41, 5.74) is 5.91. The lowest BCUT2D eigenvalue weighted by Crippen LogP contribution is -2.29. The summed E-state index contributed by atoms with van der Waals surface area (Å²) in [6, 6.07) is 6.25. The molecule has 2 rings (SSSR count). The zero-order chi connectivity index (χ0) is 18.1. The molecule has 146 valence electrons. The fraction of sp³-hybridized carbons (Fsp3) is 0.529. The van der Waals surface area contributed by atoms with Crippen molar-refractivity contribution in [3.8, 4) is 0 Å². The number of sulfonamides is 1. The van der Waals surface area contributed by atoms with Crippen LogP contribution in [0.2, 0.25) is 0 Å². The lowest BCUT2D eigenvalue weighted by molar-refractivity contribution is -0.116. The second-order valence-corrected chi connectivity index (χ2v) is 7.75. The number of hydrogen-bond acceptors (Lipinski definition) is 5. The van der Waals surface area contributed by atoms with Crippen LogP contribution in [0.1, 0.15) is 44.9 Å². The van der Waals surface area contributed by atoms with Gasteiger partial charge in [0.1, 0.15) is 5.84 Å². The van der Waals surface area contributed by atoms with Crippen molar-refractivity contribution in [3.63, 3.8) is 0 Å². The number of amidine groups is 1. The largest absolute Gasteiger partial charge is 0.330 e. The Hall–Kier alpha value is -1.64. The summed E-state index contributed by atoms with van der Waals surface area (Å²) in [7, 11) is -3.67. The maximum atomic E-state index is 12.4. The van der Waals surface area contributed by atoms with Gasteiger partial charge in [-0.05, 0) is 44.0 Å². The Balaban J connectivity index is 0.00000338. The molecule has 4 N–H and O–H groups in total. The fourth-order valence-electron chi connectivity index (χ4n) is 2.58. The van der Waals surface area contributed by atoms with Crippen molar-refractivity contribution < 1.29 is 13.2 Å². The molecule has 0 aliphatic carbocycles. The molecule has 0 unspecified atom stereocenters. The zero-order valence-corrected chi connectivity index (χ0v) is 16.4. The van der Waals surface area contributed by atoms with Gasteiger partial charge >= 0.3 is 0 Å². The second kappa shape index (κ2) is 11.2. The highest BCUT2D eigenvalue weighted by Gasteiger charge is 2.18. The van der Waals surface area contributed by atoms with E-state index in [0.29, 0.717) is 37.5 Å². The summed E-state index contributed by atoms with van der Waals surface area (Å²) in [4.78, 5) is 16.2. The number of nitrogens with zero attached hydrogens (tertiary/aromatic N) is 1. The van der Waals surface area contributed by atoms with Crippen LogP contribution in [-0.2, 0) is 14.8 Å². The molecule has 0 fully saturated rings. The molecule has 0 bridgehead atoms. The van der Waals surface area contributed by atoms with Crippen LogP contribution in [-0.4, -0.2) is 33.3 Å². The highest BCUT2D eigenvalue weighted by molar-refractivity contribution is 7.90. The molecule has 7 nitrogen and oxygen atoms in total. The Kier molecular flexibility index (Phi) is 9.61. The monoisotopic (exact) mass is 402 g/mol. The maximum Gasteiger partial charge on any atom is 0.262 e. The molecule has 1 aliphatic heterocycles. The first-order chi connectivity index (χ1) is 12.0. The summed E-state index contributed by atoms with van der Waals surface area (Å²) in [5.74, 6) is 0.377. The van der Waals surface area contributed by atoms with Crippen LogP contribution < -0.4 is 15.8 Å². The van der Waals surface area contributed by atoms with Gasteiger partial charge < -0.3 is 11.1 Å². The van der Waals surface area contributed by atoms with E-state index in [1.54, 1.807) is 12.1 Å². The van der Waals surface area contributed by atoms with E-state index in [1.807, 2.05) is 0 Å². The molecule has 1 heterocycles. The number of hydrogen-bond donors (Lipinski definition) is 3. The highest BCUT2D eigenvalue weighted by atomic mass is 35.5. The van der Waals surface area contributed by atoms with Crippen molar-refractivity contribution in [3.05, 3.63) is 24.3 Å². The molecule has 0 atom stereocenters. The van der Waals surface area contributed by atoms with Crippen molar-refractivity contribution >= 4 is 39.9 Å². The average molecular weight is 403 g/mol. The van der Waals surface area contributed by atoms with E-state index < -0.39 is 10.0 Å². The van der Waals surface area contributed by atoms with Gasteiger partial charge in [0.15, 0.2) is 0 Å². The number of nitrogens with one attached hydrogen (secondary N) is 2. The number of carbonyl (C=O) groups is 1. The van der Waals surface area contributed by atoms with Crippen LogP contribution in [0, 0.1) is 0 Å².